The molecule has 1 aliphatic heterocycles. The number of aromatic amines is 1. The molecular weight excluding hydrogens is 389 g/mol. The molecule has 1 saturated heterocycles. The largest absolute Gasteiger partial charge is 0.417 e. The number of anilines is 1. The SMILES string of the molecule is CC(C)c1cc(C(F)(F)F)cnc1-n1cc2c(=O)[nH]c(N3CCOCC3)nc2n1. The van der Waals surface area contributed by atoms with E-state index in [0.29, 0.717) is 37.8 Å². The van der Waals surface area contributed by atoms with Crippen molar-refractivity contribution in [2.24, 2.45) is 0 Å². The molecule has 4 rings (SSSR count). The number of hydrogen-bond donors (Lipinski definition) is 1. The Morgan fingerprint density at radius 3 is 2.62 bits per heavy atom. The van der Waals surface area contributed by atoms with Gasteiger partial charge in [0.15, 0.2) is 11.5 Å². The van der Waals surface area contributed by atoms with Crippen molar-refractivity contribution in [2.45, 2.75) is 25.9 Å². The summed E-state index contributed by atoms with van der Waals surface area (Å²) in [4.78, 5) is 25.5. The van der Waals surface area contributed by atoms with Gasteiger partial charge in [0.1, 0.15) is 5.39 Å². The summed E-state index contributed by atoms with van der Waals surface area (Å²) in [6.07, 6.45) is -2.29. The number of pyridine rings is 1. The van der Waals surface area contributed by atoms with Crippen LogP contribution in [-0.4, -0.2) is 51.0 Å². The zero-order valence-electron chi connectivity index (χ0n) is 15.8. The van der Waals surface area contributed by atoms with Gasteiger partial charge < -0.3 is 9.64 Å². The highest BCUT2D eigenvalue weighted by Crippen LogP contribution is 2.32. The van der Waals surface area contributed by atoms with Crippen molar-refractivity contribution in [1.82, 2.24) is 24.7 Å². The van der Waals surface area contributed by atoms with E-state index in [0.717, 1.165) is 12.3 Å². The number of nitrogens with zero attached hydrogens (tertiary/aromatic N) is 5. The fourth-order valence-electron chi connectivity index (χ4n) is 3.18. The second-order valence-corrected chi connectivity index (χ2v) is 7.09. The Balaban J connectivity index is 1.80. The average Bonchev–Trinajstić information content (AvgIpc) is 3.12. The second-order valence-electron chi connectivity index (χ2n) is 7.09. The molecule has 0 radical (unpaired) electrons. The third-order valence-electron chi connectivity index (χ3n) is 4.75. The molecule has 3 aromatic heterocycles. The molecule has 29 heavy (non-hydrogen) atoms. The molecule has 3 aromatic rings. The Labute approximate surface area is 163 Å². The van der Waals surface area contributed by atoms with Crippen LogP contribution in [0.25, 0.3) is 16.9 Å². The lowest BCUT2D eigenvalue weighted by atomic mass is 10.0. The fourth-order valence-corrected chi connectivity index (χ4v) is 3.18. The normalized spacial score (nSPS) is 15.4. The van der Waals surface area contributed by atoms with Crippen LogP contribution in [0.3, 0.4) is 0 Å². The minimum absolute atomic E-state index is 0.201. The second kappa shape index (κ2) is 7.14. The van der Waals surface area contributed by atoms with E-state index in [4.69, 9.17) is 4.74 Å². The maximum Gasteiger partial charge on any atom is 0.417 e. The quantitative estimate of drug-likeness (QED) is 0.716. The van der Waals surface area contributed by atoms with E-state index in [9.17, 15) is 18.0 Å². The summed E-state index contributed by atoms with van der Waals surface area (Å²) >= 11 is 0. The van der Waals surface area contributed by atoms with Gasteiger partial charge in [0.05, 0.1) is 18.8 Å². The van der Waals surface area contributed by atoms with Gasteiger partial charge in [-0.05, 0) is 17.5 Å². The summed E-state index contributed by atoms with van der Waals surface area (Å²) in [7, 11) is 0. The van der Waals surface area contributed by atoms with E-state index < -0.39 is 11.7 Å². The number of alkyl halides is 3. The van der Waals surface area contributed by atoms with Gasteiger partial charge in [-0.3, -0.25) is 9.78 Å². The van der Waals surface area contributed by atoms with E-state index in [2.05, 4.69) is 20.1 Å². The number of nitrogens with one attached hydrogen (secondary N) is 1. The standard InChI is InChI=1S/C18H19F3N6O2/c1-10(2)12-7-11(18(19,20)21)8-22-15(12)27-9-13-14(25-27)23-17(24-16(13)28)26-3-5-29-6-4-26/h7-10H,3-6H2,1-2H3,(H,23,24,25,28). The van der Waals surface area contributed by atoms with E-state index in [1.54, 1.807) is 13.8 Å². The molecule has 1 N–H and O–H groups in total. The first kappa shape index (κ1) is 19.4. The molecular formula is C18H19F3N6O2. The Kier molecular flexibility index (Phi) is 4.77. The fraction of sp³-hybridized carbons (Fsp3) is 0.444. The maximum atomic E-state index is 13.1. The molecule has 1 aliphatic rings. The molecule has 1 fully saturated rings. The average molecular weight is 408 g/mol. The lowest BCUT2D eigenvalue weighted by Gasteiger charge is -2.26. The van der Waals surface area contributed by atoms with Crippen LogP contribution in [0.2, 0.25) is 0 Å². The van der Waals surface area contributed by atoms with Crippen LogP contribution in [0.4, 0.5) is 19.1 Å². The molecule has 0 aromatic carbocycles. The smallest absolute Gasteiger partial charge is 0.378 e. The highest BCUT2D eigenvalue weighted by molar-refractivity contribution is 5.74. The Bertz CT molecular complexity index is 1100. The zero-order chi connectivity index (χ0) is 20.8. The predicted octanol–water partition coefficient (Wildman–Crippen LogP) is 2.48. The first-order valence-corrected chi connectivity index (χ1v) is 9.14. The molecule has 0 bridgehead atoms. The number of morpholine rings is 1. The molecule has 0 amide bonds. The number of fused-ring (bicyclic) bond motifs is 1. The van der Waals surface area contributed by atoms with Gasteiger partial charge in [0.2, 0.25) is 5.95 Å². The maximum absolute atomic E-state index is 13.1. The topological polar surface area (TPSA) is 88.9 Å². The molecule has 8 nitrogen and oxygen atoms in total. The van der Waals surface area contributed by atoms with Gasteiger partial charge >= 0.3 is 6.18 Å². The van der Waals surface area contributed by atoms with Gasteiger partial charge in [-0.15, -0.1) is 5.10 Å². The Morgan fingerprint density at radius 1 is 1.24 bits per heavy atom. The molecule has 154 valence electrons. The van der Waals surface area contributed by atoms with Gasteiger partial charge in [0, 0.05) is 25.5 Å². The van der Waals surface area contributed by atoms with E-state index in [1.807, 2.05) is 4.90 Å². The van der Waals surface area contributed by atoms with Crippen molar-refractivity contribution in [3.05, 3.63) is 39.9 Å². The summed E-state index contributed by atoms with van der Waals surface area (Å²) < 4.78 is 45.8. The lowest BCUT2D eigenvalue weighted by molar-refractivity contribution is -0.137. The number of hydrogen-bond acceptors (Lipinski definition) is 6. The van der Waals surface area contributed by atoms with E-state index in [-0.39, 0.29) is 28.3 Å². The lowest BCUT2D eigenvalue weighted by Crippen LogP contribution is -2.38. The summed E-state index contributed by atoms with van der Waals surface area (Å²) in [6.45, 7) is 5.78. The number of aromatic nitrogens is 5. The van der Waals surface area contributed by atoms with Crippen LogP contribution in [0.1, 0.15) is 30.9 Å². The van der Waals surface area contributed by atoms with Crippen LogP contribution in [0.5, 0.6) is 0 Å². The van der Waals surface area contributed by atoms with Gasteiger partial charge in [-0.1, -0.05) is 13.8 Å². The molecule has 4 heterocycles. The first-order chi connectivity index (χ1) is 13.7. The third-order valence-corrected chi connectivity index (χ3v) is 4.75. The number of rotatable bonds is 3. The van der Waals surface area contributed by atoms with Crippen LogP contribution in [0, 0.1) is 0 Å². The Hall–Kier alpha value is -2.95. The summed E-state index contributed by atoms with van der Waals surface area (Å²) in [6, 6.07) is 1.07. The van der Waals surface area contributed by atoms with Crippen molar-refractivity contribution in [1.29, 1.82) is 0 Å². The highest BCUT2D eigenvalue weighted by Gasteiger charge is 2.32. The van der Waals surface area contributed by atoms with E-state index in [1.165, 1.54) is 10.9 Å². The third kappa shape index (κ3) is 3.69. The zero-order valence-corrected chi connectivity index (χ0v) is 15.8. The van der Waals surface area contributed by atoms with Gasteiger partial charge in [-0.25, -0.2) is 9.67 Å². The minimum Gasteiger partial charge on any atom is -0.378 e. The predicted molar refractivity (Wildman–Crippen MR) is 99.4 cm³/mol. The van der Waals surface area contributed by atoms with Crippen molar-refractivity contribution < 1.29 is 17.9 Å². The molecule has 0 unspecified atom stereocenters. The molecule has 0 saturated carbocycles. The molecule has 0 aliphatic carbocycles. The van der Waals surface area contributed by atoms with E-state index >= 15 is 0 Å². The van der Waals surface area contributed by atoms with Crippen molar-refractivity contribution in [2.75, 3.05) is 31.2 Å². The van der Waals surface area contributed by atoms with Crippen LogP contribution < -0.4 is 10.5 Å². The molecule has 0 atom stereocenters. The van der Waals surface area contributed by atoms with Crippen LogP contribution in [0.15, 0.2) is 23.3 Å². The van der Waals surface area contributed by atoms with Crippen LogP contribution in [-0.2, 0) is 10.9 Å². The van der Waals surface area contributed by atoms with Crippen LogP contribution >= 0.6 is 0 Å². The monoisotopic (exact) mass is 408 g/mol. The Morgan fingerprint density at radius 2 is 1.97 bits per heavy atom. The first-order valence-electron chi connectivity index (χ1n) is 9.14. The van der Waals surface area contributed by atoms with Crippen molar-refractivity contribution in [3.8, 4) is 5.82 Å². The van der Waals surface area contributed by atoms with Crippen molar-refractivity contribution >= 4 is 17.0 Å². The number of halogens is 3. The summed E-state index contributed by atoms with van der Waals surface area (Å²) in [5, 5.41) is 4.55. The summed E-state index contributed by atoms with van der Waals surface area (Å²) in [5.41, 5.74) is -0.628. The van der Waals surface area contributed by atoms with Crippen molar-refractivity contribution in [3.63, 3.8) is 0 Å². The minimum atomic E-state index is -4.49. The highest BCUT2D eigenvalue weighted by atomic mass is 19.4. The molecule has 11 heteroatoms. The molecule has 0 spiro atoms. The van der Waals surface area contributed by atoms with Gasteiger partial charge in [0.25, 0.3) is 5.56 Å². The number of ether oxygens (including phenoxy) is 1. The summed E-state index contributed by atoms with van der Waals surface area (Å²) in [5.74, 6) is 0.390. The van der Waals surface area contributed by atoms with Gasteiger partial charge in [-0.2, -0.15) is 18.2 Å². The number of H-pyrrole nitrogens is 1.